The van der Waals surface area contributed by atoms with Gasteiger partial charge in [0, 0.05) is 18.0 Å². The number of likely N-dealkylation sites (N-methyl/N-ethyl adjacent to an activating group) is 1. The van der Waals surface area contributed by atoms with Crippen LogP contribution >= 0.6 is 0 Å². The maximum absolute atomic E-state index is 12.1. The summed E-state index contributed by atoms with van der Waals surface area (Å²) < 4.78 is 11.3. The van der Waals surface area contributed by atoms with Crippen LogP contribution in [0.25, 0.3) is 0 Å². The first kappa shape index (κ1) is 18.4. The highest BCUT2D eigenvalue weighted by molar-refractivity contribution is 5.97. The number of aliphatic hydroxyl groups is 2. The Kier molecular flexibility index (Phi) is 3.63. The minimum absolute atomic E-state index is 0.0479. The fraction of sp³-hybridized carbons (Fsp3) is 0.500. The SMILES string of the molecule is CN1CCC23c4c5ccc(O)c4OC2C(OC(=O)[C@@H](O)C(=O)O)=CC[C@@]3(O)[C@H]1C5. The van der Waals surface area contributed by atoms with E-state index in [2.05, 4.69) is 4.90 Å². The van der Waals surface area contributed by atoms with Crippen molar-refractivity contribution in [3.8, 4) is 11.5 Å². The lowest BCUT2D eigenvalue weighted by Gasteiger charge is -2.61. The van der Waals surface area contributed by atoms with Gasteiger partial charge in [0.1, 0.15) is 5.76 Å². The van der Waals surface area contributed by atoms with Crippen molar-refractivity contribution in [1.82, 2.24) is 4.90 Å². The maximum atomic E-state index is 12.1. The van der Waals surface area contributed by atoms with Crippen LogP contribution in [-0.4, -0.2) is 74.7 Å². The first-order chi connectivity index (χ1) is 13.7. The molecule has 9 nitrogen and oxygen atoms in total. The molecule has 4 N–H and O–H groups in total. The van der Waals surface area contributed by atoms with E-state index in [9.17, 15) is 24.9 Å². The van der Waals surface area contributed by atoms with Gasteiger partial charge < -0.3 is 34.8 Å². The first-order valence-corrected chi connectivity index (χ1v) is 9.48. The number of phenols is 1. The Morgan fingerprint density at radius 1 is 1.38 bits per heavy atom. The van der Waals surface area contributed by atoms with Crippen molar-refractivity contribution in [3.63, 3.8) is 0 Å². The van der Waals surface area contributed by atoms with Gasteiger partial charge in [0.05, 0.1) is 11.0 Å². The summed E-state index contributed by atoms with van der Waals surface area (Å²) in [5, 5.41) is 40.7. The number of hydrogen-bond acceptors (Lipinski definition) is 8. The Hall–Kier alpha value is -2.62. The van der Waals surface area contributed by atoms with Gasteiger partial charge in [-0.25, -0.2) is 9.59 Å². The molecule has 1 spiro atoms. The number of aromatic hydroxyl groups is 1. The molecule has 5 atom stereocenters. The number of likely N-dealkylation sites (tertiary alicyclic amines) is 1. The summed E-state index contributed by atoms with van der Waals surface area (Å²) in [6, 6.07) is 3.18. The number of hydrogen-bond donors (Lipinski definition) is 4. The number of aliphatic hydroxyl groups excluding tert-OH is 1. The number of rotatable bonds is 3. The largest absolute Gasteiger partial charge is 0.504 e. The van der Waals surface area contributed by atoms with Crippen molar-refractivity contribution in [2.45, 2.75) is 48.5 Å². The van der Waals surface area contributed by atoms with Crippen LogP contribution < -0.4 is 4.74 Å². The highest BCUT2D eigenvalue weighted by Crippen LogP contribution is 2.65. The lowest BCUT2D eigenvalue weighted by molar-refractivity contribution is -0.175. The summed E-state index contributed by atoms with van der Waals surface area (Å²) in [7, 11) is 1.95. The molecule has 154 valence electrons. The number of nitrogens with zero attached hydrogens (tertiary/aromatic N) is 1. The third kappa shape index (κ3) is 2.09. The standard InChI is InChI=1S/C20H21NO8/c1-21-7-6-19-13-9-2-3-10(22)15(13)29-16(19)11(28-18(26)14(23)17(24)25)4-5-20(19,27)12(21)8-9/h2-4,12,14,16,22-23,27H,5-8H2,1H3,(H,24,25)/t12-,14+,16?,19?,20-/m1/s1. The number of carbonyl (C=O) groups is 2. The summed E-state index contributed by atoms with van der Waals surface area (Å²) in [6.07, 6.45) is -0.449. The highest BCUT2D eigenvalue weighted by atomic mass is 16.6. The van der Waals surface area contributed by atoms with Gasteiger partial charge in [-0.05, 0) is 44.1 Å². The second-order valence-electron chi connectivity index (χ2n) is 8.26. The molecule has 1 aromatic rings. The van der Waals surface area contributed by atoms with E-state index in [0.717, 1.165) is 11.1 Å². The molecule has 1 aromatic carbocycles. The Morgan fingerprint density at radius 2 is 2.14 bits per heavy atom. The maximum Gasteiger partial charge on any atom is 0.352 e. The fourth-order valence-electron chi connectivity index (χ4n) is 5.71. The minimum atomic E-state index is -2.32. The van der Waals surface area contributed by atoms with Crippen LogP contribution in [0.5, 0.6) is 11.5 Å². The van der Waals surface area contributed by atoms with Crippen molar-refractivity contribution in [2.24, 2.45) is 0 Å². The molecule has 29 heavy (non-hydrogen) atoms. The van der Waals surface area contributed by atoms with Gasteiger partial charge in [0.2, 0.25) is 6.10 Å². The van der Waals surface area contributed by atoms with Gasteiger partial charge in [0.15, 0.2) is 17.6 Å². The summed E-state index contributed by atoms with van der Waals surface area (Å²) in [6.45, 7) is 0.667. The molecule has 0 amide bonds. The van der Waals surface area contributed by atoms with Gasteiger partial charge in [0.25, 0.3) is 0 Å². The van der Waals surface area contributed by atoms with Crippen LogP contribution in [-0.2, 0) is 26.2 Å². The topological polar surface area (TPSA) is 137 Å². The van der Waals surface area contributed by atoms with Gasteiger partial charge in [-0.2, -0.15) is 0 Å². The summed E-state index contributed by atoms with van der Waals surface area (Å²) in [4.78, 5) is 25.1. The van der Waals surface area contributed by atoms with E-state index in [1.165, 1.54) is 6.08 Å². The molecular formula is C20H21NO8. The number of piperidine rings is 1. The quantitative estimate of drug-likeness (QED) is 0.394. The molecule has 0 saturated carbocycles. The minimum Gasteiger partial charge on any atom is -0.504 e. The molecule has 4 aliphatic rings. The molecule has 0 radical (unpaired) electrons. The van der Waals surface area contributed by atoms with Crippen molar-refractivity contribution < 1.29 is 39.5 Å². The van der Waals surface area contributed by atoms with Crippen LogP contribution in [0.1, 0.15) is 24.0 Å². The fourth-order valence-corrected chi connectivity index (χ4v) is 5.71. The molecule has 0 aromatic heterocycles. The van der Waals surface area contributed by atoms with E-state index >= 15 is 0 Å². The number of carbonyl (C=O) groups excluding carboxylic acids is 1. The monoisotopic (exact) mass is 403 g/mol. The lowest BCUT2D eigenvalue weighted by Crippen LogP contribution is -2.74. The Morgan fingerprint density at radius 3 is 2.86 bits per heavy atom. The first-order valence-electron chi connectivity index (χ1n) is 9.48. The van der Waals surface area contributed by atoms with Crippen molar-refractivity contribution in [1.29, 1.82) is 0 Å². The van der Waals surface area contributed by atoms with Crippen LogP contribution in [0.15, 0.2) is 24.0 Å². The number of esters is 1. The van der Waals surface area contributed by atoms with E-state index in [1.54, 1.807) is 6.07 Å². The Bertz CT molecular complexity index is 973. The van der Waals surface area contributed by atoms with E-state index in [1.807, 2.05) is 13.1 Å². The molecule has 5 rings (SSSR count). The Labute approximate surface area is 165 Å². The number of carboxylic acid groups (broad SMARTS) is 1. The van der Waals surface area contributed by atoms with Crippen molar-refractivity contribution >= 4 is 11.9 Å². The molecule has 2 unspecified atom stereocenters. The molecule has 1 fully saturated rings. The second-order valence-corrected chi connectivity index (χ2v) is 8.26. The highest BCUT2D eigenvalue weighted by Gasteiger charge is 2.72. The molecule has 2 bridgehead atoms. The van der Waals surface area contributed by atoms with Gasteiger partial charge in [-0.3, -0.25) is 0 Å². The predicted octanol–water partition coefficient (Wildman–Crippen LogP) is -0.341. The number of aliphatic carboxylic acids is 1. The molecule has 2 aliphatic carbocycles. The van der Waals surface area contributed by atoms with E-state index < -0.39 is 35.2 Å². The normalized spacial score (nSPS) is 35.2. The predicted molar refractivity (Wildman–Crippen MR) is 96.3 cm³/mol. The second kappa shape index (κ2) is 5.71. The summed E-state index contributed by atoms with van der Waals surface area (Å²) in [5.41, 5.74) is -0.461. The zero-order valence-corrected chi connectivity index (χ0v) is 15.7. The molecule has 9 heteroatoms. The van der Waals surface area contributed by atoms with Crippen molar-refractivity contribution in [2.75, 3.05) is 13.6 Å². The zero-order valence-electron chi connectivity index (χ0n) is 15.7. The summed E-state index contributed by atoms with van der Waals surface area (Å²) >= 11 is 0. The average molecular weight is 403 g/mol. The van der Waals surface area contributed by atoms with Crippen LogP contribution in [0.3, 0.4) is 0 Å². The van der Waals surface area contributed by atoms with E-state index in [-0.39, 0.29) is 29.7 Å². The van der Waals surface area contributed by atoms with Gasteiger partial charge >= 0.3 is 11.9 Å². The molecule has 2 heterocycles. The number of carboxylic acids is 1. The average Bonchev–Trinajstić information content (AvgIpc) is 3.03. The van der Waals surface area contributed by atoms with Gasteiger partial charge in [-0.15, -0.1) is 0 Å². The zero-order chi connectivity index (χ0) is 20.7. The Balaban J connectivity index is 1.65. The third-order valence-corrected chi connectivity index (χ3v) is 7.03. The van der Waals surface area contributed by atoms with Gasteiger partial charge in [-0.1, -0.05) is 6.07 Å². The van der Waals surface area contributed by atoms with Crippen LogP contribution in [0, 0.1) is 0 Å². The molecule has 2 aliphatic heterocycles. The summed E-state index contributed by atoms with van der Waals surface area (Å²) in [5.74, 6) is -2.80. The van der Waals surface area contributed by atoms with E-state index in [0.29, 0.717) is 19.4 Å². The molecular weight excluding hydrogens is 382 g/mol. The number of phenolic OH excluding ortho intramolecular Hbond substituents is 1. The lowest BCUT2D eigenvalue weighted by atomic mass is 9.50. The van der Waals surface area contributed by atoms with Crippen LogP contribution in [0.2, 0.25) is 0 Å². The van der Waals surface area contributed by atoms with Crippen LogP contribution in [0.4, 0.5) is 0 Å². The molecule has 1 saturated heterocycles. The number of benzene rings is 1. The van der Waals surface area contributed by atoms with E-state index in [4.69, 9.17) is 14.6 Å². The van der Waals surface area contributed by atoms with Crippen molar-refractivity contribution in [3.05, 3.63) is 35.1 Å². The number of ether oxygens (including phenoxy) is 2. The smallest absolute Gasteiger partial charge is 0.352 e. The third-order valence-electron chi connectivity index (χ3n) is 7.03.